The van der Waals surface area contributed by atoms with Gasteiger partial charge in [0, 0.05) is 16.3 Å². The first-order chi connectivity index (χ1) is 14.4. The van der Waals surface area contributed by atoms with Crippen LogP contribution in [0.4, 0.5) is 11.7 Å². The number of halogens is 1. The number of nitrogens with one attached hydrogen (secondary N) is 2. The highest BCUT2D eigenvalue weighted by Crippen LogP contribution is 2.22. The van der Waals surface area contributed by atoms with Crippen molar-refractivity contribution in [3.8, 4) is 11.7 Å². The second kappa shape index (κ2) is 8.01. The van der Waals surface area contributed by atoms with Crippen molar-refractivity contribution in [3.63, 3.8) is 0 Å². The Morgan fingerprint density at radius 1 is 1.00 bits per heavy atom. The first-order valence-corrected chi connectivity index (χ1v) is 10.3. The molecule has 0 saturated heterocycles. The summed E-state index contributed by atoms with van der Waals surface area (Å²) in [7, 11) is -3.84. The molecule has 0 aliphatic rings. The monoisotopic (exact) mass is 444 g/mol. The van der Waals surface area contributed by atoms with Gasteiger partial charge in [-0.3, -0.25) is 14.8 Å². The average molecular weight is 445 g/mol. The number of hydrogen-bond donors (Lipinski definition) is 2. The quantitative estimate of drug-likeness (QED) is 0.459. The highest BCUT2D eigenvalue weighted by molar-refractivity contribution is 7.92. The third-order valence-corrected chi connectivity index (χ3v) is 5.53. The molecule has 0 aliphatic heterocycles. The topological polar surface area (TPSA) is 127 Å². The van der Waals surface area contributed by atoms with Crippen LogP contribution >= 0.6 is 11.6 Å². The van der Waals surface area contributed by atoms with Gasteiger partial charge < -0.3 is 8.83 Å². The number of sulfonamides is 1. The van der Waals surface area contributed by atoms with Gasteiger partial charge in [0.1, 0.15) is 0 Å². The molecule has 2 heterocycles. The van der Waals surface area contributed by atoms with Crippen molar-refractivity contribution in [1.29, 1.82) is 0 Å². The molecule has 0 radical (unpaired) electrons. The van der Waals surface area contributed by atoms with E-state index < -0.39 is 15.9 Å². The highest BCUT2D eigenvalue weighted by atomic mass is 35.5. The number of benzene rings is 2. The number of furan rings is 1. The van der Waals surface area contributed by atoms with Gasteiger partial charge in [-0.2, -0.15) is 0 Å². The van der Waals surface area contributed by atoms with E-state index in [1.165, 1.54) is 54.8 Å². The zero-order valence-corrected chi connectivity index (χ0v) is 16.6. The van der Waals surface area contributed by atoms with Crippen LogP contribution < -0.4 is 10.0 Å². The van der Waals surface area contributed by atoms with Gasteiger partial charge in [-0.1, -0.05) is 22.8 Å². The van der Waals surface area contributed by atoms with Crippen LogP contribution in [0.5, 0.6) is 0 Å². The molecule has 0 fully saturated rings. The minimum absolute atomic E-state index is 0.0399. The van der Waals surface area contributed by atoms with E-state index in [0.29, 0.717) is 10.8 Å². The second-order valence-corrected chi connectivity index (χ2v) is 8.10. The SMILES string of the molecule is O=C(Nc1nnc(-c2ccco2)o1)c1cccc(NS(=O)(=O)c2ccc(Cl)cc2)c1. The molecule has 0 aliphatic carbocycles. The predicted octanol–water partition coefficient (Wildman–Crippen LogP) is 4.04. The molecular weight excluding hydrogens is 432 g/mol. The molecule has 11 heteroatoms. The van der Waals surface area contributed by atoms with Crippen LogP contribution in [0.15, 0.2) is 80.7 Å². The van der Waals surface area contributed by atoms with Gasteiger partial charge in [0.25, 0.3) is 21.8 Å². The number of rotatable bonds is 6. The molecule has 0 atom stereocenters. The molecule has 0 spiro atoms. The van der Waals surface area contributed by atoms with Crippen LogP contribution in [-0.2, 0) is 10.0 Å². The van der Waals surface area contributed by atoms with Crippen LogP contribution in [0.3, 0.4) is 0 Å². The smallest absolute Gasteiger partial charge is 0.322 e. The van der Waals surface area contributed by atoms with Crippen LogP contribution in [0.25, 0.3) is 11.7 Å². The van der Waals surface area contributed by atoms with E-state index >= 15 is 0 Å². The van der Waals surface area contributed by atoms with E-state index in [0.717, 1.165) is 0 Å². The maximum Gasteiger partial charge on any atom is 0.322 e. The van der Waals surface area contributed by atoms with Crippen LogP contribution in [-0.4, -0.2) is 24.5 Å². The van der Waals surface area contributed by atoms with Crippen LogP contribution in [0, 0.1) is 0 Å². The Morgan fingerprint density at radius 2 is 1.80 bits per heavy atom. The predicted molar refractivity (Wildman–Crippen MR) is 109 cm³/mol. The molecule has 30 heavy (non-hydrogen) atoms. The van der Waals surface area contributed by atoms with Crippen LogP contribution in [0.2, 0.25) is 5.02 Å². The molecular formula is C19H13ClN4O5S. The van der Waals surface area contributed by atoms with Crippen molar-refractivity contribution in [2.75, 3.05) is 10.0 Å². The number of carbonyl (C=O) groups excluding carboxylic acids is 1. The first kappa shape index (κ1) is 19.7. The van der Waals surface area contributed by atoms with Crippen LogP contribution in [0.1, 0.15) is 10.4 Å². The van der Waals surface area contributed by atoms with Crippen molar-refractivity contribution in [2.24, 2.45) is 0 Å². The number of hydrogen-bond acceptors (Lipinski definition) is 7. The largest absolute Gasteiger partial charge is 0.459 e. The summed E-state index contributed by atoms with van der Waals surface area (Å²) in [5, 5.41) is 10.4. The van der Waals surface area contributed by atoms with Crippen molar-refractivity contribution < 1.29 is 22.0 Å². The summed E-state index contributed by atoms with van der Waals surface area (Å²) < 4.78 is 37.9. The average Bonchev–Trinajstić information content (AvgIpc) is 3.40. The van der Waals surface area contributed by atoms with E-state index in [4.69, 9.17) is 20.4 Å². The minimum Gasteiger partial charge on any atom is -0.459 e. The summed E-state index contributed by atoms with van der Waals surface area (Å²) in [5.41, 5.74) is 0.392. The van der Waals surface area contributed by atoms with E-state index in [9.17, 15) is 13.2 Å². The van der Waals surface area contributed by atoms with Crippen molar-refractivity contribution in [1.82, 2.24) is 10.2 Å². The highest BCUT2D eigenvalue weighted by Gasteiger charge is 2.17. The fourth-order valence-electron chi connectivity index (χ4n) is 2.49. The Balaban J connectivity index is 1.49. The maximum absolute atomic E-state index is 12.5. The molecule has 0 saturated carbocycles. The van der Waals surface area contributed by atoms with Gasteiger partial charge in [0.2, 0.25) is 0 Å². The van der Waals surface area contributed by atoms with Crippen molar-refractivity contribution >= 4 is 39.2 Å². The van der Waals surface area contributed by atoms with Gasteiger partial charge in [0.15, 0.2) is 5.76 Å². The standard InChI is InChI=1S/C19H13ClN4O5S/c20-13-6-8-15(9-7-13)30(26,27)24-14-4-1-3-12(11-14)17(25)21-19-23-22-18(29-19)16-5-2-10-28-16/h1-11,24H,(H,21,23,25). The molecule has 4 rings (SSSR count). The molecule has 0 unspecified atom stereocenters. The van der Waals surface area contributed by atoms with Crippen molar-refractivity contribution in [2.45, 2.75) is 4.90 Å². The maximum atomic E-state index is 12.5. The Bertz CT molecular complexity index is 1280. The lowest BCUT2D eigenvalue weighted by atomic mass is 10.2. The lowest BCUT2D eigenvalue weighted by Crippen LogP contribution is -2.15. The van der Waals surface area contributed by atoms with Gasteiger partial charge in [-0.25, -0.2) is 8.42 Å². The summed E-state index contributed by atoms with van der Waals surface area (Å²) >= 11 is 5.79. The molecule has 1 amide bonds. The molecule has 2 aromatic carbocycles. The summed E-state index contributed by atoms with van der Waals surface area (Å²) in [4.78, 5) is 12.5. The zero-order valence-electron chi connectivity index (χ0n) is 15.1. The Morgan fingerprint density at radius 3 is 2.53 bits per heavy atom. The minimum atomic E-state index is -3.84. The van der Waals surface area contributed by atoms with E-state index in [1.807, 2.05) is 0 Å². The number of carbonyl (C=O) groups is 1. The molecule has 152 valence electrons. The Kier molecular flexibility index (Phi) is 5.25. The lowest BCUT2D eigenvalue weighted by Gasteiger charge is -2.09. The summed E-state index contributed by atoms with van der Waals surface area (Å²) in [6.07, 6.45) is 1.45. The van der Waals surface area contributed by atoms with Gasteiger partial charge in [0.05, 0.1) is 11.2 Å². The second-order valence-electron chi connectivity index (χ2n) is 5.98. The molecule has 0 bridgehead atoms. The number of anilines is 2. The van der Waals surface area contributed by atoms with Gasteiger partial charge in [-0.15, -0.1) is 5.10 Å². The number of aromatic nitrogens is 2. The summed E-state index contributed by atoms with van der Waals surface area (Å²) in [6, 6.07) is 14.8. The Hall–Kier alpha value is -3.63. The first-order valence-electron chi connectivity index (χ1n) is 8.48. The van der Waals surface area contributed by atoms with Crippen molar-refractivity contribution in [3.05, 3.63) is 77.5 Å². The zero-order chi connectivity index (χ0) is 21.1. The van der Waals surface area contributed by atoms with E-state index in [-0.39, 0.29) is 28.1 Å². The summed E-state index contributed by atoms with van der Waals surface area (Å²) in [6.45, 7) is 0. The number of nitrogens with zero attached hydrogens (tertiary/aromatic N) is 2. The third kappa shape index (κ3) is 4.34. The third-order valence-electron chi connectivity index (χ3n) is 3.88. The fraction of sp³-hybridized carbons (Fsp3) is 0. The Labute approximate surface area is 175 Å². The van der Waals surface area contributed by atoms with Gasteiger partial charge in [-0.05, 0) is 54.6 Å². The normalized spacial score (nSPS) is 11.2. The molecule has 4 aromatic rings. The van der Waals surface area contributed by atoms with E-state index in [1.54, 1.807) is 12.1 Å². The van der Waals surface area contributed by atoms with E-state index in [2.05, 4.69) is 20.2 Å². The fourth-order valence-corrected chi connectivity index (χ4v) is 3.67. The lowest BCUT2D eigenvalue weighted by molar-refractivity contribution is 0.102. The molecule has 2 aromatic heterocycles. The van der Waals surface area contributed by atoms with Gasteiger partial charge >= 0.3 is 6.01 Å². The number of amides is 1. The molecule has 9 nitrogen and oxygen atoms in total. The molecule has 2 N–H and O–H groups in total. The summed E-state index contributed by atoms with van der Waals surface area (Å²) in [5.74, 6) is -0.0847.